The minimum atomic E-state index is -0.288. The van der Waals surface area contributed by atoms with Gasteiger partial charge in [-0.2, -0.15) is 0 Å². The number of hydrogen-bond acceptors (Lipinski definition) is 5. The summed E-state index contributed by atoms with van der Waals surface area (Å²) in [5.41, 5.74) is 4.17. The lowest BCUT2D eigenvalue weighted by Gasteiger charge is -2.39. The summed E-state index contributed by atoms with van der Waals surface area (Å²) in [6.07, 6.45) is 0. The van der Waals surface area contributed by atoms with Crippen LogP contribution in [0.4, 0.5) is 14.5 Å². The number of aliphatic hydroxyl groups excluding tert-OH is 1. The number of halogens is 3. The molecule has 38 heavy (non-hydrogen) atoms. The van der Waals surface area contributed by atoms with Gasteiger partial charge in [0.1, 0.15) is 11.6 Å². The van der Waals surface area contributed by atoms with Crippen molar-refractivity contribution in [3.05, 3.63) is 111 Å². The number of aliphatic hydroxyl groups is 1. The number of anilines is 1. The molecule has 0 aliphatic carbocycles. The topological polar surface area (TPSA) is 55.8 Å². The molecular weight excluding hydrogens is 508 g/mol. The van der Waals surface area contributed by atoms with Crippen molar-refractivity contribution in [2.75, 3.05) is 44.6 Å². The van der Waals surface area contributed by atoms with Gasteiger partial charge in [0.25, 0.3) is 0 Å². The number of nitrogens with zero attached hydrogens (tertiary/aromatic N) is 2. The molecule has 3 aromatic carbocycles. The van der Waals surface area contributed by atoms with Crippen LogP contribution < -0.4 is 10.7 Å². The molecule has 3 aromatic rings. The van der Waals surface area contributed by atoms with Crippen LogP contribution in [0.15, 0.2) is 71.5 Å². The number of rotatable bonds is 9. The molecule has 0 radical (unpaired) electrons. The Balaban J connectivity index is 0.00000400. The highest BCUT2D eigenvalue weighted by molar-refractivity contribution is 5.85. The smallest absolute Gasteiger partial charge is 0.206 e. The fraction of sp³-hybridized carbons (Fsp3) is 0.367. The maximum atomic E-state index is 13.6. The molecule has 0 amide bonds. The Morgan fingerprint density at radius 1 is 0.842 bits per heavy atom. The third-order valence-corrected chi connectivity index (χ3v) is 6.96. The summed E-state index contributed by atoms with van der Waals surface area (Å²) in [5, 5.41) is 12.3. The van der Waals surface area contributed by atoms with Crippen molar-refractivity contribution < 1.29 is 13.9 Å². The lowest BCUT2D eigenvalue weighted by molar-refractivity contribution is 0.104. The molecule has 0 aromatic heterocycles. The van der Waals surface area contributed by atoms with Crippen LogP contribution in [0.1, 0.15) is 48.1 Å². The minimum Gasteiger partial charge on any atom is -0.395 e. The van der Waals surface area contributed by atoms with Gasteiger partial charge in [0.2, 0.25) is 5.43 Å². The van der Waals surface area contributed by atoms with Crippen molar-refractivity contribution in [3.8, 4) is 0 Å². The first-order valence-electron chi connectivity index (χ1n) is 12.8. The molecule has 0 spiro atoms. The van der Waals surface area contributed by atoms with E-state index in [2.05, 4.69) is 29.0 Å². The molecule has 0 atom stereocenters. The van der Waals surface area contributed by atoms with E-state index in [-0.39, 0.29) is 48.0 Å². The van der Waals surface area contributed by atoms with Gasteiger partial charge >= 0.3 is 0 Å². The highest BCUT2D eigenvalue weighted by Gasteiger charge is 2.27. The summed E-state index contributed by atoms with van der Waals surface area (Å²) in [5.74, 6) is -0.304. The van der Waals surface area contributed by atoms with Crippen molar-refractivity contribution in [3.63, 3.8) is 0 Å². The van der Waals surface area contributed by atoms with E-state index < -0.39 is 0 Å². The molecule has 8 heteroatoms. The van der Waals surface area contributed by atoms with Crippen molar-refractivity contribution in [2.24, 2.45) is 0 Å². The van der Waals surface area contributed by atoms with E-state index >= 15 is 0 Å². The predicted molar refractivity (Wildman–Crippen MR) is 151 cm³/mol. The number of piperazine rings is 1. The van der Waals surface area contributed by atoms with Gasteiger partial charge in [0.15, 0.2) is 0 Å². The zero-order valence-corrected chi connectivity index (χ0v) is 22.7. The summed E-state index contributed by atoms with van der Waals surface area (Å²) >= 11 is 0. The van der Waals surface area contributed by atoms with Crippen molar-refractivity contribution >= 4 is 18.1 Å². The van der Waals surface area contributed by atoms with Gasteiger partial charge in [0, 0.05) is 44.8 Å². The first kappa shape index (κ1) is 29.7. The summed E-state index contributed by atoms with van der Waals surface area (Å²) in [6.45, 7) is 8.00. The third-order valence-electron chi connectivity index (χ3n) is 6.96. The third kappa shape index (κ3) is 7.38. The molecule has 1 heterocycles. The molecule has 204 valence electrons. The van der Waals surface area contributed by atoms with Gasteiger partial charge in [0.05, 0.1) is 18.3 Å². The maximum absolute atomic E-state index is 13.6. The second kappa shape index (κ2) is 13.8. The Hall–Kier alpha value is -2.84. The molecule has 1 aliphatic rings. The summed E-state index contributed by atoms with van der Waals surface area (Å²) in [6, 6.07) is 18.7. The van der Waals surface area contributed by atoms with Gasteiger partial charge in [-0.05, 0) is 52.9 Å². The van der Waals surface area contributed by atoms with Gasteiger partial charge in [-0.1, -0.05) is 50.2 Å². The van der Waals surface area contributed by atoms with Crippen LogP contribution >= 0.6 is 12.4 Å². The van der Waals surface area contributed by atoms with Crippen LogP contribution in [-0.2, 0) is 6.54 Å². The van der Waals surface area contributed by atoms with E-state index in [4.69, 9.17) is 0 Å². The van der Waals surface area contributed by atoms with E-state index in [9.17, 15) is 18.7 Å². The fourth-order valence-corrected chi connectivity index (χ4v) is 4.86. The zero-order valence-electron chi connectivity index (χ0n) is 21.9. The van der Waals surface area contributed by atoms with Gasteiger partial charge in [-0.25, -0.2) is 8.78 Å². The summed E-state index contributed by atoms with van der Waals surface area (Å²) < 4.78 is 27.2. The Morgan fingerprint density at radius 2 is 1.37 bits per heavy atom. The number of hydrogen-bond donors (Lipinski definition) is 2. The van der Waals surface area contributed by atoms with Crippen LogP contribution in [-0.4, -0.2) is 54.2 Å². The van der Waals surface area contributed by atoms with Crippen LogP contribution in [0.25, 0.3) is 0 Å². The minimum absolute atomic E-state index is 0. The molecule has 4 rings (SSSR count). The Kier molecular flexibility index (Phi) is 10.8. The van der Waals surface area contributed by atoms with E-state index in [1.807, 2.05) is 18.2 Å². The highest BCUT2D eigenvalue weighted by Crippen LogP contribution is 2.30. The molecule has 1 aliphatic heterocycles. The summed E-state index contributed by atoms with van der Waals surface area (Å²) in [7, 11) is 0. The predicted octanol–water partition coefficient (Wildman–Crippen LogP) is 5.18. The Bertz CT molecular complexity index is 1190. The normalized spacial score (nSPS) is 14.5. The second-order valence-corrected chi connectivity index (χ2v) is 9.87. The van der Waals surface area contributed by atoms with Gasteiger partial charge in [-0.3, -0.25) is 14.6 Å². The Labute approximate surface area is 229 Å². The van der Waals surface area contributed by atoms with Crippen molar-refractivity contribution in [1.82, 2.24) is 9.80 Å². The monoisotopic (exact) mass is 543 g/mol. The van der Waals surface area contributed by atoms with Crippen LogP contribution in [0.3, 0.4) is 0 Å². The van der Waals surface area contributed by atoms with Crippen LogP contribution in [0, 0.1) is 11.6 Å². The molecular formula is C30H36ClF2N3O2. The van der Waals surface area contributed by atoms with Gasteiger partial charge in [-0.15, -0.1) is 12.4 Å². The Morgan fingerprint density at radius 3 is 1.87 bits per heavy atom. The largest absolute Gasteiger partial charge is 0.395 e. The maximum Gasteiger partial charge on any atom is 0.206 e. The zero-order chi connectivity index (χ0) is 26.4. The average molecular weight is 544 g/mol. The molecule has 2 N–H and O–H groups in total. The van der Waals surface area contributed by atoms with Gasteiger partial charge < -0.3 is 10.4 Å². The molecule has 0 unspecified atom stereocenters. The molecule has 1 saturated heterocycles. The SMILES string of the molecule is CC(C)c1ccc(CN2CCN(C(c3ccc(F)cc3)c3ccc(F)cc3)CC2)c(=O)c(NCCO)c1.Cl. The van der Waals surface area contributed by atoms with Crippen LogP contribution in [0.2, 0.25) is 0 Å². The van der Waals surface area contributed by atoms with E-state index in [0.29, 0.717) is 18.8 Å². The highest BCUT2D eigenvalue weighted by atomic mass is 35.5. The van der Waals surface area contributed by atoms with E-state index in [1.54, 1.807) is 24.3 Å². The van der Waals surface area contributed by atoms with Crippen molar-refractivity contribution in [2.45, 2.75) is 32.4 Å². The fourth-order valence-electron chi connectivity index (χ4n) is 4.86. The average Bonchev–Trinajstić information content (AvgIpc) is 3.05. The second-order valence-electron chi connectivity index (χ2n) is 9.87. The molecule has 0 saturated carbocycles. The number of benzene rings is 2. The molecule has 0 bridgehead atoms. The lowest BCUT2D eigenvalue weighted by Crippen LogP contribution is -2.47. The van der Waals surface area contributed by atoms with E-state index in [0.717, 1.165) is 48.4 Å². The summed E-state index contributed by atoms with van der Waals surface area (Å²) in [4.78, 5) is 17.9. The quantitative estimate of drug-likeness (QED) is 0.389. The van der Waals surface area contributed by atoms with Crippen molar-refractivity contribution in [1.29, 1.82) is 0 Å². The van der Waals surface area contributed by atoms with Crippen LogP contribution in [0.5, 0.6) is 0 Å². The molecule has 5 nitrogen and oxygen atoms in total. The first-order valence-corrected chi connectivity index (χ1v) is 12.8. The number of nitrogens with one attached hydrogen (secondary N) is 1. The standard InChI is InChI=1S/C30H35F2N3O2.ClH/c1-21(2)24-3-4-25(30(37)28(19-24)33-13-18-36)20-34-14-16-35(17-15-34)29(22-5-9-26(31)10-6-22)23-7-11-27(32)12-8-23;/h3-12,19,21,29,36H,13-18,20H2,1-2H3,(H,33,37);1H. The first-order chi connectivity index (χ1) is 17.9. The lowest BCUT2D eigenvalue weighted by atomic mass is 9.96. The van der Waals surface area contributed by atoms with E-state index in [1.165, 1.54) is 24.3 Å². The molecule has 1 fully saturated rings.